The van der Waals surface area contributed by atoms with Gasteiger partial charge in [-0.2, -0.15) is 5.10 Å². The maximum atomic E-state index is 6.03. The fourth-order valence-corrected chi connectivity index (χ4v) is 2.84. The Balaban J connectivity index is 1.56. The highest BCUT2D eigenvalue weighted by atomic mass is 35.5. The van der Waals surface area contributed by atoms with Gasteiger partial charge in [-0.3, -0.25) is 9.58 Å². The molecule has 0 N–H and O–H groups in total. The van der Waals surface area contributed by atoms with E-state index in [-0.39, 0.29) is 0 Å². The molecule has 0 atom stereocenters. The van der Waals surface area contributed by atoms with Crippen LogP contribution in [0.3, 0.4) is 0 Å². The van der Waals surface area contributed by atoms with E-state index in [1.54, 1.807) is 0 Å². The molecule has 2 aromatic rings. The maximum absolute atomic E-state index is 6.03. The third-order valence-electron chi connectivity index (χ3n) is 3.72. The minimum Gasteiger partial charge on any atom is -0.366 e. The van der Waals surface area contributed by atoms with Crippen LogP contribution in [0.4, 0.5) is 5.69 Å². The van der Waals surface area contributed by atoms with Crippen molar-refractivity contribution < 1.29 is 0 Å². The minimum atomic E-state index is 0.816. The molecule has 4 nitrogen and oxygen atoms in total. The summed E-state index contributed by atoms with van der Waals surface area (Å²) in [5.41, 5.74) is 2.50. The first-order valence-corrected chi connectivity index (χ1v) is 7.29. The number of benzene rings is 1. The van der Waals surface area contributed by atoms with Crippen LogP contribution in [-0.4, -0.2) is 40.9 Å². The van der Waals surface area contributed by atoms with Gasteiger partial charge in [0.25, 0.3) is 0 Å². The molecule has 106 valence electrons. The van der Waals surface area contributed by atoms with E-state index in [0.29, 0.717) is 0 Å². The quantitative estimate of drug-likeness (QED) is 0.867. The van der Waals surface area contributed by atoms with Gasteiger partial charge in [0.15, 0.2) is 0 Å². The molecule has 0 bridgehead atoms. The zero-order valence-corrected chi connectivity index (χ0v) is 12.4. The van der Waals surface area contributed by atoms with Crippen LogP contribution >= 0.6 is 11.6 Å². The molecule has 0 unspecified atom stereocenters. The third-order valence-corrected chi connectivity index (χ3v) is 3.96. The van der Waals surface area contributed by atoms with Crippen LogP contribution in [-0.2, 0) is 13.6 Å². The second-order valence-electron chi connectivity index (χ2n) is 5.27. The first-order chi connectivity index (χ1) is 9.70. The molecule has 1 aromatic heterocycles. The van der Waals surface area contributed by atoms with E-state index in [1.807, 2.05) is 30.1 Å². The maximum Gasteiger partial charge on any atom is 0.0753 e. The van der Waals surface area contributed by atoms with Crippen molar-refractivity contribution in [3.8, 4) is 0 Å². The topological polar surface area (TPSA) is 24.3 Å². The molecule has 0 radical (unpaired) electrons. The summed E-state index contributed by atoms with van der Waals surface area (Å²) in [7, 11) is 1.96. The smallest absolute Gasteiger partial charge is 0.0753 e. The fraction of sp³-hybridized carbons (Fsp3) is 0.400. The Morgan fingerprint density at radius 2 is 2.00 bits per heavy atom. The third kappa shape index (κ3) is 3.14. The first-order valence-electron chi connectivity index (χ1n) is 6.91. The van der Waals surface area contributed by atoms with E-state index in [4.69, 9.17) is 11.6 Å². The molecule has 5 heteroatoms. The minimum absolute atomic E-state index is 0.816. The Labute approximate surface area is 124 Å². The molecule has 1 saturated heterocycles. The highest BCUT2D eigenvalue weighted by molar-refractivity contribution is 6.30. The molecular weight excluding hydrogens is 272 g/mol. The second kappa shape index (κ2) is 5.85. The van der Waals surface area contributed by atoms with Gasteiger partial charge in [-0.15, -0.1) is 0 Å². The van der Waals surface area contributed by atoms with Crippen LogP contribution in [0.25, 0.3) is 0 Å². The fourth-order valence-electron chi connectivity index (χ4n) is 2.63. The van der Waals surface area contributed by atoms with Gasteiger partial charge in [-0.1, -0.05) is 23.7 Å². The summed E-state index contributed by atoms with van der Waals surface area (Å²) >= 11 is 6.03. The molecule has 1 aromatic carbocycles. The zero-order chi connectivity index (χ0) is 13.9. The van der Waals surface area contributed by atoms with E-state index in [2.05, 4.69) is 33.2 Å². The second-order valence-corrected chi connectivity index (χ2v) is 5.70. The van der Waals surface area contributed by atoms with Crippen molar-refractivity contribution in [2.45, 2.75) is 6.54 Å². The number of hydrogen-bond acceptors (Lipinski definition) is 3. The van der Waals surface area contributed by atoms with Gasteiger partial charge in [0.05, 0.1) is 11.9 Å². The number of piperazine rings is 1. The Hall–Kier alpha value is -1.52. The normalized spacial score (nSPS) is 16.6. The molecule has 0 saturated carbocycles. The molecule has 3 rings (SSSR count). The van der Waals surface area contributed by atoms with Crippen LogP contribution in [0.5, 0.6) is 0 Å². The van der Waals surface area contributed by atoms with Gasteiger partial charge in [-0.25, -0.2) is 0 Å². The lowest BCUT2D eigenvalue weighted by molar-refractivity contribution is 0.250. The van der Waals surface area contributed by atoms with Crippen LogP contribution < -0.4 is 4.90 Å². The number of anilines is 1. The molecule has 0 spiro atoms. The molecule has 1 aliphatic heterocycles. The first kappa shape index (κ1) is 13.5. The van der Waals surface area contributed by atoms with Crippen LogP contribution in [0.2, 0.25) is 5.02 Å². The average Bonchev–Trinajstić information content (AvgIpc) is 2.86. The highest BCUT2D eigenvalue weighted by Gasteiger charge is 2.18. The summed E-state index contributed by atoms with van der Waals surface area (Å²) in [6, 6.07) is 8.13. The lowest BCUT2D eigenvalue weighted by atomic mass is 10.2. The lowest BCUT2D eigenvalue weighted by Gasteiger charge is -2.35. The number of aromatic nitrogens is 2. The molecular formula is C15H19ClN4. The van der Waals surface area contributed by atoms with Gasteiger partial charge >= 0.3 is 0 Å². The average molecular weight is 291 g/mol. The predicted octanol–water partition coefficient (Wildman–Crippen LogP) is 2.40. The van der Waals surface area contributed by atoms with Gasteiger partial charge in [0.2, 0.25) is 0 Å². The van der Waals surface area contributed by atoms with Crippen molar-refractivity contribution in [1.82, 2.24) is 14.7 Å². The van der Waals surface area contributed by atoms with Crippen molar-refractivity contribution >= 4 is 17.3 Å². The number of hydrogen-bond donors (Lipinski definition) is 0. The molecule has 20 heavy (non-hydrogen) atoms. The summed E-state index contributed by atoms with van der Waals surface area (Å²) in [4.78, 5) is 4.86. The Kier molecular flexibility index (Phi) is 3.94. The molecule has 0 aliphatic carbocycles. The van der Waals surface area contributed by atoms with E-state index in [0.717, 1.165) is 37.7 Å². The van der Waals surface area contributed by atoms with Crippen molar-refractivity contribution in [3.63, 3.8) is 0 Å². The highest BCUT2D eigenvalue weighted by Crippen LogP contribution is 2.17. The van der Waals surface area contributed by atoms with E-state index >= 15 is 0 Å². The molecule has 2 heterocycles. The lowest BCUT2D eigenvalue weighted by Crippen LogP contribution is -2.45. The van der Waals surface area contributed by atoms with Gasteiger partial charge in [0, 0.05) is 51.0 Å². The summed E-state index contributed by atoms with van der Waals surface area (Å²) in [5.74, 6) is 0. The van der Waals surface area contributed by atoms with Crippen molar-refractivity contribution in [2.75, 3.05) is 31.1 Å². The standard InChI is InChI=1S/C15H19ClN4/c1-18-12-15(10-17-18)20-7-5-19(6-8-20)11-13-3-2-4-14(16)9-13/h2-4,9-10,12H,5-8,11H2,1H3. The Bertz CT molecular complexity index is 573. The molecule has 1 aliphatic rings. The number of aryl methyl sites for hydroxylation is 1. The predicted molar refractivity (Wildman–Crippen MR) is 82.2 cm³/mol. The van der Waals surface area contributed by atoms with Crippen molar-refractivity contribution in [3.05, 3.63) is 47.2 Å². The van der Waals surface area contributed by atoms with Gasteiger partial charge in [0.1, 0.15) is 0 Å². The van der Waals surface area contributed by atoms with Crippen molar-refractivity contribution in [1.29, 1.82) is 0 Å². The van der Waals surface area contributed by atoms with E-state index < -0.39 is 0 Å². The SMILES string of the molecule is Cn1cc(N2CCN(Cc3cccc(Cl)c3)CC2)cn1. The largest absolute Gasteiger partial charge is 0.366 e. The Morgan fingerprint density at radius 3 is 2.65 bits per heavy atom. The van der Waals surface area contributed by atoms with Crippen LogP contribution in [0, 0.1) is 0 Å². The number of rotatable bonds is 3. The zero-order valence-electron chi connectivity index (χ0n) is 11.7. The molecule has 0 amide bonds. The Morgan fingerprint density at radius 1 is 1.20 bits per heavy atom. The van der Waals surface area contributed by atoms with Gasteiger partial charge < -0.3 is 4.90 Å². The summed E-state index contributed by atoms with van der Waals surface area (Å²) in [5, 5.41) is 5.05. The van der Waals surface area contributed by atoms with Gasteiger partial charge in [-0.05, 0) is 17.7 Å². The van der Waals surface area contributed by atoms with E-state index in [9.17, 15) is 0 Å². The summed E-state index contributed by atoms with van der Waals surface area (Å²) in [6.45, 7) is 5.21. The molecule has 1 fully saturated rings. The van der Waals surface area contributed by atoms with Crippen LogP contribution in [0.15, 0.2) is 36.7 Å². The summed E-state index contributed by atoms with van der Waals surface area (Å²) < 4.78 is 1.85. The van der Waals surface area contributed by atoms with Crippen molar-refractivity contribution in [2.24, 2.45) is 7.05 Å². The van der Waals surface area contributed by atoms with E-state index in [1.165, 1.54) is 11.3 Å². The summed E-state index contributed by atoms with van der Waals surface area (Å²) in [6.07, 6.45) is 4.01. The van der Waals surface area contributed by atoms with Crippen LogP contribution in [0.1, 0.15) is 5.56 Å². The number of halogens is 1. The number of nitrogens with zero attached hydrogens (tertiary/aromatic N) is 4. The monoisotopic (exact) mass is 290 g/mol.